The van der Waals surface area contributed by atoms with Gasteiger partial charge in [0, 0.05) is 33.9 Å². The van der Waals surface area contributed by atoms with Gasteiger partial charge in [-0.25, -0.2) is 0 Å². The molecule has 0 spiro atoms. The smallest absolute Gasteiger partial charge is 0.104 e. The molecule has 0 aliphatic carbocycles. The highest BCUT2D eigenvalue weighted by Gasteiger charge is 2.24. The molecule has 0 bridgehead atoms. The number of rotatable bonds is 7. The SMILES string of the molecule is N#Cc1cccc(-c2ccc3c4ccc(-c5cccc(C#N)c5)cc4n(-c4cc(-c5ccncc5)cc(-n5c6cc(-c7cccc(C#N)c7)ccc6c6ccc(-c7cccc(C#N)c7)cc65)c4C#N)c3c2)c1. The molecule has 9 aromatic carbocycles. The van der Waals surface area contributed by atoms with Gasteiger partial charge in [0.15, 0.2) is 0 Å². The molecular weight excluding hydrogens is 881 g/mol. The molecule has 0 saturated carbocycles. The Kier molecular flexibility index (Phi) is 10.3. The van der Waals surface area contributed by atoms with Crippen LogP contribution in [0.4, 0.5) is 0 Å². The van der Waals surface area contributed by atoms with Gasteiger partial charge in [0.25, 0.3) is 0 Å². The summed E-state index contributed by atoms with van der Waals surface area (Å²) >= 11 is 0. The Morgan fingerprint density at radius 3 is 0.875 bits per heavy atom. The normalized spacial score (nSPS) is 11.0. The summed E-state index contributed by atoms with van der Waals surface area (Å²) in [6, 6.07) is 75.4. The fourth-order valence-corrected chi connectivity index (χ4v) is 10.1. The maximum absolute atomic E-state index is 11.9. The van der Waals surface area contributed by atoms with E-state index in [0.717, 1.165) is 99.2 Å². The summed E-state index contributed by atoms with van der Waals surface area (Å²) in [5.41, 5.74) is 16.1. The first-order valence-corrected chi connectivity index (χ1v) is 23.1. The molecule has 12 rings (SSSR count). The van der Waals surface area contributed by atoms with Crippen molar-refractivity contribution in [3.63, 3.8) is 0 Å². The minimum Gasteiger partial charge on any atom is -0.308 e. The summed E-state index contributed by atoms with van der Waals surface area (Å²) in [6.45, 7) is 0. The maximum atomic E-state index is 11.9. The fourth-order valence-electron chi connectivity index (χ4n) is 10.1. The number of fused-ring (bicyclic) bond motifs is 6. The van der Waals surface area contributed by atoms with Crippen molar-refractivity contribution < 1.29 is 0 Å². The molecule has 0 unspecified atom stereocenters. The zero-order chi connectivity index (χ0) is 48.9. The molecule has 3 aromatic heterocycles. The lowest BCUT2D eigenvalue weighted by atomic mass is 9.99. The third-order valence-electron chi connectivity index (χ3n) is 13.5. The second kappa shape index (κ2) is 17.4. The van der Waals surface area contributed by atoms with E-state index in [-0.39, 0.29) is 0 Å². The molecule has 0 aliphatic rings. The molecule has 8 nitrogen and oxygen atoms in total. The molecular formula is C64H34N8. The molecule has 12 aromatic rings. The lowest BCUT2D eigenvalue weighted by Crippen LogP contribution is -2.05. The Labute approximate surface area is 413 Å². The van der Waals surface area contributed by atoms with Crippen molar-refractivity contribution in [2.75, 3.05) is 0 Å². The highest BCUT2D eigenvalue weighted by Crippen LogP contribution is 2.43. The van der Waals surface area contributed by atoms with E-state index in [1.54, 1.807) is 36.7 Å². The van der Waals surface area contributed by atoms with E-state index in [0.29, 0.717) is 39.2 Å². The molecule has 0 atom stereocenters. The van der Waals surface area contributed by atoms with E-state index in [1.807, 2.05) is 84.9 Å². The minimum absolute atomic E-state index is 0.410. The standard InChI is InChI=1S/C64H34N8/c65-35-40-5-1-9-45(25-40)49-13-17-54-55-18-14-50(46-10-2-6-41(26-46)36-66)30-60(55)71(59(54)29-49)63-33-53(44-21-23-70-24-22-44)34-64(58(63)39-69)72-61-31-51(47-11-3-7-42(27-47)37-67)15-19-56(61)57-20-16-52(32-62(57)72)48-12-4-8-43(28-48)38-68/h1-34H. The van der Waals surface area contributed by atoms with E-state index in [9.17, 15) is 26.3 Å². The quantitative estimate of drug-likeness (QED) is 0.156. The van der Waals surface area contributed by atoms with Gasteiger partial charge in [-0.2, -0.15) is 26.3 Å². The summed E-state index contributed by atoms with van der Waals surface area (Å²) in [5.74, 6) is 0. The van der Waals surface area contributed by atoms with Gasteiger partial charge in [-0.05, 0) is 153 Å². The van der Waals surface area contributed by atoms with Gasteiger partial charge >= 0.3 is 0 Å². The van der Waals surface area contributed by atoms with E-state index in [1.165, 1.54) is 0 Å². The van der Waals surface area contributed by atoms with Crippen LogP contribution >= 0.6 is 0 Å². The van der Waals surface area contributed by atoms with Crippen molar-refractivity contribution >= 4 is 43.6 Å². The van der Waals surface area contributed by atoms with Crippen molar-refractivity contribution in [1.82, 2.24) is 14.1 Å². The fraction of sp³-hybridized carbons (Fsp3) is 0. The van der Waals surface area contributed by atoms with Gasteiger partial charge in [0.2, 0.25) is 0 Å². The number of nitriles is 5. The van der Waals surface area contributed by atoms with Crippen LogP contribution < -0.4 is 0 Å². The second-order valence-electron chi connectivity index (χ2n) is 17.6. The number of hydrogen-bond donors (Lipinski definition) is 0. The van der Waals surface area contributed by atoms with E-state index in [2.05, 4.69) is 129 Å². The molecule has 0 radical (unpaired) electrons. The third-order valence-corrected chi connectivity index (χ3v) is 13.5. The van der Waals surface area contributed by atoms with Crippen molar-refractivity contribution in [2.45, 2.75) is 0 Å². The molecule has 3 heterocycles. The Morgan fingerprint density at radius 2 is 0.583 bits per heavy atom. The average Bonchev–Trinajstić information content (AvgIpc) is 3.96. The first-order valence-electron chi connectivity index (χ1n) is 23.1. The largest absolute Gasteiger partial charge is 0.308 e. The van der Waals surface area contributed by atoms with Gasteiger partial charge in [0.05, 0.1) is 80.0 Å². The lowest BCUT2D eigenvalue weighted by Gasteiger charge is -2.19. The predicted molar refractivity (Wildman–Crippen MR) is 284 cm³/mol. The topological polar surface area (TPSA) is 142 Å². The van der Waals surface area contributed by atoms with Crippen LogP contribution in [0.5, 0.6) is 0 Å². The Balaban J connectivity index is 1.22. The van der Waals surface area contributed by atoms with Gasteiger partial charge in [0.1, 0.15) is 11.6 Å². The van der Waals surface area contributed by atoms with Gasteiger partial charge < -0.3 is 9.13 Å². The maximum Gasteiger partial charge on any atom is 0.104 e. The molecule has 0 aliphatic heterocycles. The van der Waals surface area contributed by atoms with Crippen LogP contribution in [-0.4, -0.2) is 14.1 Å². The zero-order valence-corrected chi connectivity index (χ0v) is 38.2. The van der Waals surface area contributed by atoms with Crippen LogP contribution in [0.25, 0.3) is 111 Å². The molecule has 0 fully saturated rings. The molecule has 330 valence electrons. The monoisotopic (exact) mass is 914 g/mol. The molecule has 72 heavy (non-hydrogen) atoms. The van der Waals surface area contributed by atoms with Crippen LogP contribution in [0.2, 0.25) is 0 Å². The number of aromatic nitrogens is 3. The molecule has 0 N–H and O–H groups in total. The van der Waals surface area contributed by atoms with Crippen molar-refractivity contribution in [2.24, 2.45) is 0 Å². The average molecular weight is 915 g/mol. The van der Waals surface area contributed by atoms with Crippen LogP contribution in [-0.2, 0) is 0 Å². The summed E-state index contributed by atoms with van der Waals surface area (Å²) in [5, 5.41) is 55.3. The van der Waals surface area contributed by atoms with Crippen molar-refractivity contribution in [3.8, 4) is 97.4 Å². The van der Waals surface area contributed by atoms with Crippen LogP contribution in [0, 0.1) is 56.7 Å². The highest BCUT2D eigenvalue weighted by molar-refractivity contribution is 6.13. The lowest BCUT2D eigenvalue weighted by molar-refractivity contribution is 1.12. The Hall–Kier alpha value is -10.8. The Bertz CT molecular complexity index is 3970. The molecule has 0 amide bonds. The van der Waals surface area contributed by atoms with E-state index < -0.39 is 0 Å². The number of nitrogens with zero attached hydrogens (tertiary/aromatic N) is 8. The number of benzene rings is 9. The van der Waals surface area contributed by atoms with Gasteiger partial charge in [-0.3, -0.25) is 4.98 Å². The summed E-state index contributed by atoms with van der Waals surface area (Å²) in [7, 11) is 0. The molecule has 0 saturated heterocycles. The first kappa shape index (κ1) is 42.5. The van der Waals surface area contributed by atoms with E-state index >= 15 is 0 Å². The minimum atomic E-state index is 0.410. The number of pyridine rings is 1. The number of hydrogen-bond acceptors (Lipinski definition) is 6. The predicted octanol–water partition coefficient (Wildman–Crippen LogP) is 15.0. The van der Waals surface area contributed by atoms with Gasteiger partial charge in [-0.1, -0.05) is 97.1 Å². The molecule has 8 heteroatoms. The van der Waals surface area contributed by atoms with Crippen molar-refractivity contribution in [3.05, 3.63) is 234 Å². The third kappa shape index (κ3) is 7.17. The zero-order valence-electron chi connectivity index (χ0n) is 38.2. The van der Waals surface area contributed by atoms with Crippen molar-refractivity contribution in [1.29, 1.82) is 26.3 Å². The van der Waals surface area contributed by atoms with Crippen LogP contribution in [0.1, 0.15) is 27.8 Å². The first-order chi connectivity index (χ1) is 35.4. The summed E-state index contributed by atoms with van der Waals surface area (Å²) < 4.78 is 4.36. The van der Waals surface area contributed by atoms with Gasteiger partial charge in [-0.15, -0.1) is 0 Å². The van der Waals surface area contributed by atoms with E-state index in [4.69, 9.17) is 0 Å². The summed E-state index contributed by atoms with van der Waals surface area (Å²) in [4.78, 5) is 4.37. The summed E-state index contributed by atoms with van der Waals surface area (Å²) in [6.07, 6.45) is 3.53. The Morgan fingerprint density at radius 1 is 0.278 bits per heavy atom. The van der Waals surface area contributed by atoms with Crippen LogP contribution in [0.15, 0.2) is 207 Å². The highest BCUT2D eigenvalue weighted by atomic mass is 15.0. The van der Waals surface area contributed by atoms with Crippen LogP contribution in [0.3, 0.4) is 0 Å². The second-order valence-corrected chi connectivity index (χ2v) is 17.6.